The summed E-state index contributed by atoms with van der Waals surface area (Å²) < 4.78 is 56.9. The third kappa shape index (κ3) is 33.2. The number of rotatable bonds is 50. The Labute approximate surface area is 488 Å². The maximum Gasteiger partial charge on any atom is 0.588 e. The average Bonchev–Trinajstić information content (AvgIpc) is 3.57. The minimum absolute atomic E-state index is 0.109. The highest BCUT2D eigenvalue weighted by Gasteiger charge is 2.54. The van der Waals surface area contributed by atoms with Crippen LogP contribution in [0.4, 0.5) is 0 Å². The normalized spacial score (nSPS) is 17.9. The van der Waals surface area contributed by atoms with Crippen molar-refractivity contribution >= 4 is 31.6 Å². The number of benzene rings is 2. The number of carbonyl (C=O) groups excluding carboxylic acids is 4. The van der Waals surface area contributed by atoms with Crippen LogP contribution in [0.2, 0.25) is 0 Å². The lowest BCUT2D eigenvalue weighted by molar-refractivity contribution is -0.258. The highest BCUT2D eigenvalue weighted by Crippen LogP contribution is 2.52. The average molecular weight is 1160 g/mol. The molecule has 2 aromatic carbocycles. The number of ether oxygens (including phenoxy) is 4. The van der Waals surface area contributed by atoms with Crippen LogP contribution in [-0.2, 0) is 47.2 Å². The molecule has 0 spiro atoms. The second-order valence-corrected chi connectivity index (χ2v) is 23.9. The van der Waals surface area contributed by atoms with Gasteiger partial charge in [0.1, 0.15) is 36.4 Å². The molecule has 1 heterocycles. The summed E-state index contributed by atoms with van der Waals surface area (Å²) in [6, 6.07) is 14.9. The number of hydrogen-bond donors (Lipinski definition) is 3. The van der Waals surface area contributed by atoms with Gasteiger partial charge in [0, 0.05) is 0 Å². The van der Waals surface area contributed by atoms with Crippen molar-refractivity contribution in [1.29, 1.82) is 0 Å². The number of unbranched alkanes of at least 4 members (excludes halogenated alkanes) is 28. The second-order valence-electron chi connectivity index (χ2n) is 22.5. The zero-order valence-corrected chi connectivity index (χ0v) is 51.3. The van der Waals surface area contributed by atoms with Crippen molar-refractivity contribution < 1.29 is 66.5 Å². The number of methoxy groups -OCH3 is 1. The molecule has 1 aliphatic heterocycles. The Kier molecular flexibility index (Phi) is 40.0. The molecular weight excluding hydrogens is 1050 g/mol. The van der Waals surface area contributed by atoms with Gasteiger partial charge in [0.2, 0.25) is 5.91 Å². The van der Waals surface area contributed by atoms with Crippen molar-refractivity contribution in [1.82, 2.24) is 5.32 Å². The Hall–Kier alpha value is -4.01. The van der Waals surface area contributed by atoms with Crippen LogP contribution in [0.3, 0.4) is 0 Å². The fraction of sp³-hybridized carbons (Fsp3) is 0.754. The van der Waals surface area contributed by atoms with Crippen molar-refractivity contribution in [2.75, 3.05) is 13.7 Å². The van der Waals surface area contributed by atoms with Gasteiger partial charge < -0.3 is 43.5 Å². The van der Waals surface area contributed by atoms with Gasteiger partial charge in [0.25, 0.3) is 0 Å². The van der Waals surface area contributed by atoms with Gasteiger partial charge in [-0.25, -0.2) is 4.57 Å². The fourth-order valence-electron chi connectivity index (χ4n) is 10.4. The zero-order chi connectivity index (χ0) is 58.6. The molecule has 1 fully saturated rings. The van der Waals surface area contributed by atoms with Crippen LogP contribution in [0.1, 0.15) is 258 Å². The summed E-state index contributed by atoms with van der Waals surface area (Å²) in [5.41, 5.74) is 0. The SMILES string of the molecule is CCCCCCCCCCCCCCC(CCCCCCCCCCCC)C(=O)O[C@H]1[C@H](OP(=O)(Oc2ccccc2)Oc2ccccc2)[C@@H](COC(=O)CCC(=O)OC)OC(O)[C@@H]1NC(=O)C[C@H](O)CCCCCCCCCCC. The van der Waals surface area contributed by atoms with E-state index in [2.05, 4.69) is 26.1 Å². The molecule has 1 amide bonds. The van der Waals surface area contributed by atoms with E-state index in [9.17, 15) is 24.6 Å². The summed E-state index contributed by atoms with van der Waals surface area (Å²) in [6.07, 6.45) is 28.0. The molecule has 81 heavy (non-hydrogen) atoms. The predicted molar refractivity (Wildman–Crippen MR) is 320 cm³/mol. The highest BCUT2D eigenvalue weighted by atomic mass is 31.2. The summed E-state index contributed by atoms with van der Waals surface area (Å²) in [6.45, 7) is 6.03. The minimum Gasteiger partial charge on any atom is -0.469 e. The van der Waals surface area contributed by atoms with Crippen molar-refractivity contribution in [3.05, 3.63) is 60.7 Å². The Bertz CT molecular complexity index is 1910. The number of aliphatic hydroxyl groups is 2. The molecule has 16 heteroatoms. The van der Waals surface area contributed by atoms with Gasteiger partial charge in [-0.15, -0.1) is 0 Å². The van der Waals surface area contributed by atoms with Crippen LogP contribution in [0.25, 0.3) is 0 Å². The maximum absolute atomic E-state index is 15.3. The third-order valence-corrected chi connectivity index (χ3v) is 16.7. The lowest BCUT2D eigenvalue weighted by atomic mass is 9.92. The van der Waals surface area contributed by atoms with Gasteiger partial charge >= 0.3 is 25.7 Å². The smallest absolute Gasteiger partial charge is 0.469 e. The number of amides is 1. The predicted octanol–water partition coefficient (Wildman–Crippen LogP) is 15.9. The summed E-state index contributed by atoms with van der Waals surface area (Å²) in [5, 5.41) is 25.9. The van der Waals surface area contributed by atoms with E-state index in [-0.39, 0.29) is 30.8 Å². The number of carbonyl (C=O) groups is 4. The molecule has 0 saturated carbocycles. The molecular formula is C65H108NO14P. The highest BCUT2D eigenvalue weighted by molar-refractivity contribution is 7.49. The Balaban J connectivity index is 1.97. The van der Waals surface area contributed by atoms with Crippen LogP contribution in [-0.4, -0.2) is 84.5 Å². The van der Waals surface area contributed by atoms with Gasteiger partial charge in [-0.3, -0.25) is 23.7 Å². The van der Waals surface area contributed by atoms with E-state index in [1.54, 1.807) is 60.7 Å². The lowest BCUT2D eigenvalue weighted by Gasteiger charge is -2.44. The van der Waals surface area contributed by atoms with Crippen LogP contribution in [0.15, 0.2) is 60.7 Å². The van der Waals surface area contributed by atoms with E-state index in [0.717, 1.165) is 77.0 Å². The molecule has 1 aliphatic rings. The van der Waals surface area contributed by atoms with E-state index < -0.39 is 80.9 Å². The first-order chi connectivity index (χ1) is 39.4. The topological polar surface area (TPSA) is 202 Å². The number of phosphoric acid groups is 1. The number of nitrogens with one attached hydrogen (secondary N) is 1. The van der Waals surface area contributed by atoms with Gasteiger partial charge in [-0.1, -0.05) is 256 Å². The fourth-order valence-corrected chi connectivity index (χ4v) is 11.9. The van der Waals surface area contributed by atoms with Crippen LogP contribution in [0.5, 0.6) is 11.5 Å². The molecule has 1 saturated heterocycles. The maximum atomic E-state index is 15.3. The number of phosphoric ester groups is 1. The molecule has 2 aromatic rings. The van der Waals surface area contributed by atoms with Crippen molar-refractivity contribution in [3.63, 3.8) is 0 Å². The number of esters is 3. The van der Waals surface area contributed by atoms with E-state index in [1.807, 2.05) is 0 Å². The van der Waals surface area contributed by atoms with Crippen LogP contribution >= 0.6 is 7.82 Å². The number of hydrogen-bond acceptors (Lipinski definition) is 14. The van der Waals surface area contributed by atoms with E-state index in [1.165, 1.54) is 129 Å². The van der Waals surface area contributed by atoms with E-state index >= 15 is 9.36 Å². The minimum atomic E-state index is -4.87. The van der Waals surface area contributed by atoms with Gasteiger partial charge in [0.05, 0.1) is 38.4 Å². The summed E-state index contributed by atoms with van der Waals surface area (Å²) in [4.78, 5) is 54.2. The Morgan fingerprint density at radius 2 is 0.951 bits per heavy atom. The Morgan fingerprint density at radius 1 is 0.556 bits per heavy atom. The number of aliphatic hydroxyl groups excluding tert-OH is 2. The molecule has 3 rings (SSSR count). The molecule has 0 aromatic heterocycles. The molecule has 3 N–H and O–H groups in total. The van der Waals surface area contributed by atoms with Crippen molar-refractivity contribution in [3.8, 4) is 11.5 Å². The van der Waals surface area contributed by atoms with Gasteiger partial charge in [0.15, 0.2) is 12.4 Å². The standard InChI is InChI=1S/C65H108NO14P/c1-5-8-11-14-17-20-22-23-26-28-31-36-43-53(42-35-30-27-25-21-18-15-12-9-6-2)64(71)77-63-61(66-58(68)51-54(67)44-37-32-29-24-19-16-13-10-7-3)65(72)76-57(52-75-60(70)50-49-59(69)74-4)62(63)80-81(73,78-55-45-38-33-39-46-55)79-56-47-40-34-41-48-56/h33-34,38-41,45-48,53-54,57,61-63,65,67,72H,5-32,35-37,42-44,49-52H2,1-4H3,(H,66,68)/t53?,54-,57-,61-,62-,63-,65?/m1/s1. The monoisotopic (exact) mass is 1160 g/mol. The first-order valence-electron chi connectivity index (χ1n) is 31.9. The third-order valence-electron chi connectivity index (χ3n) is 15.3. The second kappa shape index (κ2) is 45.4. The molecule has 0 radical (unpaired) electrons. The first-order valence-corrected chi connectivity index (χ1v) is 33.4. The largest absolute Gasteiger partial charge is 0.588 e. The van der Waals surface area contributed by atoms with Crippen molar-refractivity contribution in [2.45, 2.75) is 295 Å². The molecule has 0 bridgehead atoms. The Morgan fingerprint density at radius 3 is 1.37 bits per heavy atom. The summed E-state index contributed by atoms with van der Waals surface area (Å²) >= 11 is 0. The van der Waals surface area contributed by atoms with E-state index in [0.29, 0.717) is 19.3 Å². The zero-order valence-electron chi connectivity index (χ0n) is 50.4. The molecule has 7 atom stereocenters. The van der Waals surface area contributed by atoms with Gasteiger partial charge in [-0.2, -0.15) is 0 Å². The molecule has 0 aliphatic carbocycles. The lowest BCUT2D eigenvalue weighted by Crippen LogP contribution is -2.66. The molecule has 2 unspecified atom stereocenters. The quantitative estimate of drug-likeness (QED) is 0.0244. The molecule has 15 nitrogen and oxygen atoms in total. The first kappa shape index (κ1) is 71.3. The summed E-state index contributed by atoms with van der Waals surface area (Å²) in [5.74, 6) is -3.04. The molecule has 462 valence electrons. The van der Waals surface area contributed by atoms with Crippen molar-refractivity contribution in [2.24, 2.45) is 5.92 Å². The number of para-hydroxylation sites is 2. The van der Waals surface area contributed by atoms with E-state index in [4.69, 9.17) is 32.5 Å². The van der Waals surface area contributed by atoms with Crippen LogP contribution in [0, 0.1) is 5.92 Å². The summed E-state index contributed by atoms with van der Waals surface area (Å²) in [7, 11) is -3.67. The van der Waals surface area contributed by atoms with Gasteiger partial charge in [-0.05, 0) is 43.5 Å². The van der Waals surface area contributed by atoms with Crippen LogP contribution < -0.4 is 14.4 Å².